The molecule has 0 bridgehead atoms. The molecule has 0 unspecified atom stereocenters. The molecular weight excluding hydrogens is 463 g/mol. The second-order valence-electron chi connectivity index (χ2n) is 7.92. The van der Waals surface area contributed by atoms with Crippen LogP contribution < -0.4 is 21.2 Å². The molecule has 3 heterocycles. The van der Waals surface area contributed by atoms with Crippen LogP contribution in [0.2, 0.25) is 0 Å². The number of benzene rings is 1. The zero-order chi connectivity index (χ0) is 23.8. The Morgan fingerprint density at radius 1 is 1.30 bits per heavy atom. The lowest BCUT2D eigenvalue weighted by atomic mass is 9.82. The van der Waals surface area contributed by atoms with Crippen molar-refractivity contribution in [3.05, 3.63) is 34.3 Å². The van der Waals surface area contributed by atoms with Gasteiger partial charge in [0.05, 0.1) is 5.56 Å². The van der Waals surface area contributed by atoms with Gasteiger partial charge in [-0.3, -0.25) is 4.79 Å². The molecule has 1 saturated heterocycles. The van der Waals surface area contributed by atoms with Gasteiger partial charge in [0.25, 0.3) is 0 Å². The van der Waals surface area contributed by atoms with Crippen LogP contribution >= 0.6 is 11.3 Å². The molecule has 14 heteroatoms. The van der Waals surface area contributed by atoms with Crippen molar-refractivity contribution in [3.8, 4) is 5.75 Å². The van der Waals surface area contributed by atoms with Gasteiger partial charge in [0.1, 0.15) is 11.4 Å². The number of carboxylic acid groups (broad SMARTS) is 1. The van der Waals surface area contributed by atoms with Crippen molar-refractivity contribution in [2.75, 3.05) is 24.5 Å². The highest BCUT2D eigenvalue weighted by molar-refractivity contribution is 7.17. The van der Waals surface area contributed by atoms with Gasteiger partial charge in [-0.25, -0.2) is 11.0 Å². The number of aromatic nitrogens is 2. The van der Waals surface area contributed by atoms with Crippen molar-refractivity contribution < 1.29 is 27.8 Å². The minimum Gasteiger partial charge on any atom is -0.487 e. The highest BCUT2D eigenvalue weighted by Gasteiger charge is 2.43. The van der Waals surface area contributed by atoms with E-state index < -0.39 is 29.9 Å². The Hall–Kier alpha value is -3.13. The molecule has 0 saturated carbocycles. The second kappa shape index (κ2) is 8.67. The first-order valence-corrected chi connectivity index (χ1v) is 10.9. The highest BCUT2D eigenvalue weighted by Crippen LogP contribution is 2.44. The standard InChI is InChI=1S/C19H22F3N7O3S/c20-19(21,22)12-2-1-3-13-11(12)4-5-18(32-13)6-8-28(9-7-18)17-26-25-16(33-17)15(23)27-29(24)10-14(30)31/h1-3H,4-10,24H2,(H2,23,27)(H,30,31). The second-order valence-corrected chi connectivity index (χ2v) is 8.87. The van der Waals surface area contributed by atoms with E-state index in [2.05, 4.69) is 15.3 Å². The Morgan fingerprint density at radius 2 is 2.03 bits per heavy atom. The van der Waals surface area contributed by atoms with Crippen molar-refractivity contribution in [3.63, 3.8) is 0 Å². The fourth-order valence-electron chi connectivity index (χ4n) is 4.08. The minimum atomic E-state index is -4.40. The molecule has 1 aromatic heterocycles. The fourth-order valence-corrected chi connectivity index (χ4v) is 4.87. The SMILES string of the molecule is N/C(=N\N(N)CC(=O)O)c1nnc(N2CCC3(CCc4c(cccc4C(F)(F)F)O3)CC2)s1. The number of nitrogens with zero attached hydrogens (tertiary/aromatic N) is 5. The summed E-state index contributed by atoms with van der Waals surface area (Å²) in [4.78, 5) is 12.7. The summed E-state index contributed by atoms with van der Waals surface area (Å²) in [5.41, 5.74) is 4.91. The largest absolute Gasteiger partial charge is 0.487 e. The third kappa shape index (κ3) is 4.95. The van der Waals surface area contributed by atoms with Crippen LogP contribution in [0.3, 0.4) is 0 Å². The molecule has 33 heavy (non-hydrogen) atoms. The van der Waals surface area contributed by atoms with Crippen LogP contribution in [0, 0.1) is 0 Å². The summed E-state index contributed by atoms with van der Waals surface area (Å²) in [6, 6.07) is 4.07. The number of piperidine rings is 1. The maximum absolute atomic E-state index is 13.3. The number of fused-ring (bicyclic) bond motifs is 1. The number of hydrazine groups is 1. The Morgan fingerprint density at radius 3 is 2.70 bits per heavy atom. The van der Waals surface area contributed by atoms with E-state index in [1.807, 2.05) is 4.90 Å². The molecule has 0 aliphatic carbocycles. The number of halogens is 3. The Kier molecular flexibility index (Phi) is 6.05. The fraction of sp³-hybridized carbons (Fsp3) is 0.474. The first kappa shape index (κ1) is 23.0. The topological polar surface area (TPSA) is 143 Å². The van der Waals surface area contributed by atoms with Gasteiger partial charge in [0.15, 0.2) is 17.4 Å². The van der Waals surface area contributed by atoms with Crippen LogP contribution in [0.4, 0.5) is 18.3 Å². The number of amidine groups is 1. The lowest BCUT2D eigenvalue weighted by Gasteiger charge is -2.44. The summed E-state index contributed by atoms with van der Waals surface area (Å²) in [5.74, 6) is 4.56. The monoisotopic (exact) mass is 485 g/mol. The van der Waals surface area contributed by atoms with Crippen LogP contribution in [0.25, 0.3) is 0 Å². The predicted molar refractivity (Wildman–Crippen MR) is 114 cm³/mol. The molecule has 2 aliphatic rings. The van der Waals surface area contributed by atoms with E-state index in [4.69, 9.17) is 21.4 Å². The van der Waals surface area contributed by atoms with Crippen molar-refractivity contribution in [2.45, 2.75) is 37.5 Å². The lowest BCUT2D eigenvalue weighted by molar-refractivity contribution is -0.139. The minimum absolute atomic E-state index is 0.0522. The molecule has 178 valence electrons. The quantitative estimate of drug-likeness (QED) is 0.250. The third-order valence-electron chi connectivity index (χ3n) is 5.71. The molecule has 1 spiro atoms. The summed E-state index contributed by atoms with van der Waals surface area (Å²) >= 11 is 1.19. The molecule has 1 aromatic carbocycles. The van der Waals surface area contributed by atoms with Crippen LogP contribution in [-0.2, 0) is 17.4 Å². The van der Waals surface area contributed by atoms with Gasteiger partial charge < -0.3 is 20.5 Å². The average Bonchev–Trinajstić information content (AvgIpc) is 3.23. The van der Waals surface area contributed by atoms with Gasteiger partial charge in [-0.1, -0.05) is 17.4 Å². The van der Waals surface area contributed by atoms with E-state index in [1.54, 1.807) is 6.07 Å². The van der Waals surface area contributed by atoms with E-state index in [1.165, 1.54) is 17.4 Å². The van der Waals surface area contributed by atoms with Crippen molar-refractivity contribution in [2.24, 2.45) is 16.7 Å². The molecule has 0 atom stereocenters. The van der Waals surface area contributed by atoms with Crippen LogP contribution in [-0.4, -0.2) is 57.5 Å². The van der Waals surface area contributed by atoms with Crippen LogP contribution in [0.15, 0.2) is 23.3 Å². The molecule has 4 rings (SSSR count). The van der Waals surface area contributed by atoms with Crippen LogP contribution in [0.1, 0.15) is 35.4 Å². The van der Waals surface area contributed by atoms with Gasteiger partial charge in [0.2, 0.25) is 5.13 Å². The summed E-state index contributed by atoms with van der Waals surface area (Å²) < 4.78 is 46.1. The van der Waals surface area contributed by atoms with Gasteiger partial charge in [-0.05, 0) is 25.0 Å². The number of aliphatic carboxylic acids is 1. The Balaban J connectivity index is 1.41. The van der Waals surface area contributed by atoms with E-state index in [9.17, 15) is 18.0 Å². The molecule has 2 aromatic rings. The summed E-state index contributed by atoms with van der Waals surface area (Å²) in [5, 5.41) is 22.2. The number of hydrogen-bond acceptors (Lipinski definition) is 9. The predicted octanol–water partition coefficient (Wildman–Crippen LogP) is 1.80. The summed E-state index contributed by atoms with van der Waals surface area (Å²) in [6.45, 7) is 0.651. The molecule has 10 nitrogen and oxygen atoms in total. The molecule has 0 amide bonds. The number of carbonyl (C=O) groups is 1. The molecule has 1 fully saturated rings. The van der Waals surface area contributed by atoms with Gasteiger partial charge >= 0.3 is 12.1 Å². The van der Waals surface area contributed by atoms with E-state index in [-0.39, 0.29) is 11.4 Å². The van der Waals surface area contributed by atoms with Gasteiger partial charge in [-0.2, -0.15) is 13.2 Å². The van der Waals surface area contributed by atoms with E-state index in [0.717, 1.165) is 6.07 Å². The zero-order valence-corrected chi connectivity index (χ0v) is 18.2. The number of hydrogen-bond donors (Lipinski definition) is 3. The van der Waals surface area contributed by atoms with Gasteiger partial charge in [-0.15, -0.1) is 15.3 Å². The first-order valence-electron chi connectivity index (χ1n) is 10.1. The number of anilines is 1. The number of ether oxygens (including phenoxy) is 1. The summed E-state index contributed by atoms with van der Waals surface area (Å²) in [6.07, 6.45) is -2.34. The smallest absolute Gasteiger partial charge is 0.416 e. The maximum Gasteiger partial charge on any atom is 0.416 e. The number of carboxylic acids is 1. The zero-order valence-electron chi connectivity index (χ0n) is 17.4. The van der Waals surface area contributed by atoms with E-state index >= 15 is 0 Å². The number of rotatable bonds is 5. The van der Waals surface area contributed by atoms with Crippen molar-refractivity contribution >= 4 is 28.3 Å². The maximum atomic E-state index is 13.3. The first-order chi connectivity index (χ1) is 15.6. The third-order valence-corrected chi connectivity index (χ3v) is 6.71. The molecule has 0 radical (unpaired) electrons. The normalized spacial score (nSPS) is 18.1. The molecular formula is C19H22F3N7O3S. The highest BCUT2D eigenvalue weighted by atomic mass is 32.1. The Bertz CT molecular complexity index is 1070. The number of nitrogens with two attached hydrogens (primary N) is 2. The number of alkyl halides is 3. The Labute approximate surface area is 190 Å². The van der Waals surface area contributed by atoms with Crippen molar-refractivity contribution in [1.82, 2.24) is 15.3 Å². The lowest BCUT2D eigenvalue weighted by Crippen LogP contribution is -2.50. The van der Waals surface area contributed by atoms with Crippen LogP contribution in [0.5, 0.6) is 5.75 Å². The number of hydrazone groups is 1. The molecule has 5 N–H and O–H groups in total. The average molecular weight is 485 g/mol. The van der Waals surface area contributed by atoms with Crippen molar-refractivity contribution in [1.29, 1.82) is 0 Å². The van der Waals surface area contributed by atoms with Gasteiger partial charge in [0, 0.05) is 31.5 Å². The molecule has 2 aliphatic heterocycles. The summed E-state index contributed by atoms with van der Waals surface area (Å²) in [7, 11) is 0. The van der Waals surface area contributed by atoms with E-state index in [0.29, 0.717) is 59.8 Å².